The summed E-state index contributed by atoms with van der Waals surface area (Å²) in [6.45, 7) is -0.293. The monoisotopic (exact) mass is 324 g/mol. The van der Waals surface area contributed by atoms with Crippen LogP contribution in [-0.2, 0) is 4.79 Å². The molecule has 0 fully saturated rings. The summed E-state index contributed by atoms with van der Waals surface area (Å²) in [6.07, 6.45) is 1.42. The third kappa shape index (κ3) is 3.91. The van der Waals surface area contributed by atoms with Crippen LogP contribution in [0.5, 0.6) is 5.75 Å². The van der Waals surface area contributed by atoms with Gasteiger partial charge in [-0.1, -0.05) is 29.3 Å². The molecule has 0 aliphatic carbocycles. The van der Waals surface area contributed by atoms with Crippen LogP contribution in [0.2, 0.25) is 10.0 Å². The zero-order chi connectivity index (χ0) is 15.2. The number of nitrogens with zero attached hydrogens (tertiary/aromatic N) is 1. The van der Waals surface area contributed by atoms with E-state index in [0.717, 1.165) is 0 Å². The van der Waals surface area contributed by atoms with Crippen molar-refractivity contribution in [3.63, 3.8) is 0 Å². The second-order valence-corrected chi connectivity index (χ2v) is 4.77. The normalized spacial score (nSPS) is 11.5. The molecule has 21 heavy (non-hydrogen) atoms. The Bertz CT molecular complexity index is 665. The summed E-state index contributed by atoms with van der Waals surface area (Å²) in [6, 6.07) is 9.15. The number of furan rings is 1. The molecule has 1 aromatic heterocycles. The Kier molecular flexibility index (Phi) is 5.09. The minimum atomic E-state index is -0.870. The van der Waals surface area contributed by atoms with E-state index in [9.17, 15) is 4.79 Å². The first-order valence-electron chi connectivity index (χ1n) is 5.91. The minimum absolute atomic E-state index is 0.231. The van der Waals surface area contributed by atoms with Crippen LogP contribution in [-0.4, -0.2) is 12.5 Å². The Morgan fingerprint density at radius 1 is 1.38 bits per heavy atom. The summed E-state index contributed by atoms with van der Waals surface area (Å²) in [5, 5.41) is 12.1. The largest absolute Gasteiger partial charge is 0.482 e. The van der Waals surface area contributed by atoms with Crippen molar-refractivity contribution in [2.45, 2.75) is 6.04 Å². The molecule has 1 unspecified atom stereocenters. The Balaban J connectivity index is 1.93. The first-order chi connectivity index (χ1) is 10.1. The van der Waals surface area contributed by atoms with Gasteiger partial charge in [0.15, 0.2) is 12.6 Å². The number of hydrogen-bond donors (Lipinski definition) is 1. The molecule has 1 amide bonds. The van der Waals surface area contributed by atoms with E-state index in [1.807, 2.05) is 6.07 Å². The quantitative estimate of drug-likeness (QED) is 0.915. The highest BCUT2D eigenvalue weighted by Crippen LogP contribution is 2.31. The van der Waals surface area contributed by atoms with Gasteiger partial charge in [0.05, 0.1) is 17.4 Å². The molecule has 108 valence electrons. The average molecular weight is 325 g/mol. The zero-order valence-electron chi connectivity index (χ0n) is 10.7. The number of ether oxygens (including phenoxy) is 1. The lowest BCUT2D eigenvalue weighted by Gasteiger charge is -2.11. The number of halogens is 2. The molecule has 0 spiro atoms. The van der Waals surface area contributed by atoms with Crippen LogP contribution in [0.15, 0.2) is 41.0 Å². The van der Waals surface area contributed by atoms with Crippen molar-refractivity contribution >= 4 is 29.1 Å². The van der Waals surface area contributed by atoms with Crippen molar-refractivity contribution in [2.75, 3.05) is 6.61 Å². The first kappa shape index (κ1) is 15.2. The lowest BCUT2D eigenvalue weighted by molar-refractivity contribution is -0.123. The molecule has 1 atom stereocenters. The summed E-state index contributed by atoms with van der Waals surface area (Å²) in [5.41, 5.74) is 0. The van der Waals surface area contributed by atoms with E-state index in [1.165, 1.54) is 6.26 Å². The molecule has 2 aromatic rings. The van der Waals surface area contributed by atoms with Crippen molar-refractivity contribution in [1.29, 1.82) is 5.26 Å². The number of carbonyl (C=O) groups excluding carboxylic acids is 1. The second-order valence-electron chi connectivity index (χ2n) is 3.99. The van der Waals surface area contributed by atoms with Crippen LogP contribution >= 0.6 is 23.2 Å². The molecule has 0 saturated carbocycles. The predicted octanol–water partition coefficient (Wildman–Crippen LogP) is 3.35. The van der Waals surface area contributed by atoms with Gasteiger partial charge in [0.2, 0.25) is 0 Å². The van der Waals surface area contributed by atoms with E-state index in [2.05, 4.69) is 5.32 Å². The number of benzene rings is 1. The van der Waals surface area contributed by atoms with Gasteiger partial charge in [0.1, 0.15) is 16.5 Å². The summed E-state index contributed by atoms with van der Waals surface area (Å²) < 4.78 is 10.3. The standard InChI is InChI=1S/C14H10Cl2N2O3/c15-9-3-1-4-12(14(9)16)21-8-13(19)18-10(7-17)11-5-2-6-20-11/h1-6,10H,8H2,(H,18,19). The predicted molar refractivity (Wildman–Crippen MR) is 77.2 cm³/mol. The minimum Gasteiger partial charge on any atom is -0.482 e. The number of carbonyl (C=O) groups is 1. The number of rotatable bonds is 5. The van der Waals surface area contributed by atoms with E-state index in [0.29, 0.717) is 16.5 Å². The molecular weight excluding hydrogens is 315 g/mol. The van der Waals surface area contributed by atoms with Gasteiger partial charge in [-0.2, -0.15) is 5.26 Å². The fourth-order valence-electron chi connectivity index (χ4n) is 1.56. The Morgan fingerprint density at radius 2 is 2.19 bits per heavy atom. The van der Waals surface area contributed by atoms with E-state index < -0.39 is 11.9 Å². The van der Waals surface area contributed by atoms with Gasteiger partial charge < -0.3 is 14.5 Å². The van der Waals surface area contributed by atoms with Crippen molar-refractivity contribution in [3.05, 3.63) is 52.4 Å². The maximum Gasteiger partial charge on any atom is 0.259 e. The van der Waals surface area contributed by atoms with Gasteiger partial charge in [-0.05, 0) is 24.3 Å². The first-order valence-corrected chi connectivity index (χ1v) is 6.66. The number of amides is 1. The summed E-state index contributed by atoms with van der Waals surface area (Å²) in [7, 11) is 0. The molecule has 7 heteroatoms. The highest BCUT2D eigenvalue weighted by molar-refractivity contribution is 6.42. The second kappa shape index (κ2) is 7.02. The summed E-state index contributed by atoms with van der Waals surface area (Å²) in [4.78, 5) is 11.8. The highest BCUT2D eigenvalue weighted by atomic mass is 35.5. The molecular formula is C14H10Cl2N2O3. The molecule has 2 rings (SSSR count). The summed E-state index contributed by atoms with van der Waals surface area (Å²) >= 11 is 11.8. The van der Waals surface area contributed by atoms with E-state index in [-0.39, 0.29) is 11.6 Å². The third-order valence-corrected chi connectivity index (χ3v) is 3.34. The van der Waals surface area contributed by atoms with Crippen LogP contribution < -0.4 is 10.1 Å². The maximum atomic E-state index is 11.8. The Labute approximate surface area is 131 Å². The lowest BCUT2D eigenvalue weighted by Crippen LogP contribution is -2.31. The van der Waals surface area contributed by atoms with Gasteiger partial charge in [-0.3, -0.25) is 4.79 Å². The zero-order valence-corrected chi connectivity index (χ0v) is 12.2. The highest BCUT2D eigenvalue weighted by Gasteiger charge is 2.17. The van der Waals surface area contributed by atoms with Crippen molar-refractivity contribution in [2.24, 2.45) is 0 Å². The summed E-state index contributed by atoms with van der Waals surface area (Å²) in [5.74, 6) is 0.173. The maximum absolute atomic E-state index is 11.8. The van der Waals surface area contributed by atoms with Gasteiger partial charge in [0, 0.05) is 0 Å². The van der Waals surface area contributed by atoms with Crippen molar-refractivity contribution < 1.29 is 13.9 Å². The molecule has 0 saturated heterocycles. The average Bonchev–Trinajstić information content (AvgIpc) is 3.00. The Morgan fingerprint density at radius 3 is 2.86 bits per heavy atom. The molecule has 1 heterocycles. The third-order valence-electron chi connectivity index (χ3n) is 2.54. The van der Waals surface area contributed by atoms with E-state index in [1.54, 1.807) is 30.3 Å². The van der Waals surface area contributed by atoms with Gasteiger partial charge in [-0.25, -0.2) is 0 Å². The van der Waals surface area contributed by atoms with Crippen LogP contribution in [0.4, 0.5) is 0 Å². The van der Waals surface area contributed by atoms with Crippen LogP contribution in [0.25, 0.3) is 0 Å². The fraction of sp³-hybridized carbons (Fsp3) is 0.143. The van der Waals surface area contributed by atoms with Crippen molar-refractivity contribution in [1.82, 2.24) is 5.32 Å². The molecule has 0 aliphatic rings. The van der Waals surface area contributed by atoms with Gasteiger partial charge >= 0.3 is 0 Å². The van der Waals surface area contributed by atoms with E-state index in [4.69, 9.17) is 37.6 Å². The molecule has 0 radical (unpaired) electrons. The van der Waals surface area contributed by atoms with E-state index >= 15 is 0 Å². The molecule has 0 aliphatic heterocycles. The Hall–Kier alpha value is -2.16. The van der Waals surface area contributed by atoms with Crippen LogP contribution in [0.1, 0.15) is 11.8 Å². The molecule has 1 N–H and O–H groups in total. The van der Waals surface area contributed by atoms with Gasteiger partial charge in [0.25, 0.3) is 5.91 Å². The number of hydrogen-bond acceptors (Lipinski definition) is 4. The smallest absolute Gasteiger partial charge is 0.259 e. The molecule has 1 aromatic carbocycles. The number of nitriles is 1. The lowest BCUT2D eigenvalue weighted by atomic mass is 10.2. The van der Waals surface area contributed by atoms with Crippen LogP contribution in [0, 0.1) is 11.3 Å². The molecule has 5 nitrogen and oxygen atoms in total. The SMILES string of the molecule is N#CC(NC(=O)COc1cccc(Cl)c1Cl)c1ccco1. The molecule has 0 bridgehead atoms. The van der Waals surface area contributed by atoms with Crippen LogP contribution in [0.3, 0.4) is 0 Å². The van der Waals surface area contributed by atoms with Crippen molar-refractivity contribution in [3.8, 4) is 11.8 Å². The fourth-order valence-corrected chi connectivity index (χ4v) is 1.91. The van der Waals surface area contributed by atoms with Gasteiger partial charge in [-0.15, -0.1) is 0 Å². The number of nitrogens with one attached hydrogen (secondary N) is 1. The topological polar surface area (TPSA) is 75.3 Å².